The summed E-state index contributed by atoms with van der Waals surface area (Å²) in [5, 5.41) is 9.24. The predicted octanol–water partition coefficient (Wildman–Crippen LogP) is 4.53. The van der Waals surface area contributed by atoms with Gasteiger partial charge in [0, 0.05) is 29.6 Å². The van der Waals surface area contributed by atoms with E-state index in [0.29, 0.717) is 34.8 Å². The highest BCUT2D eigenvalue weighted by molar-refractivity contribution is 6.00. The monoisotopic (exact) mass is 430 g/mol. The average molecular weight is 430 g/mol. The smallest absolute Gasteiger partial charge is 0.255 e. The van der Waals surface area contributed by atoms with Crippen LogP contribution in [0.4, 0.5) is 4.39 Å². The number of nitrogens with zero attached hydrogens (tertiary/aromatic N) is 4. The Hall–Kier alpha value is -3.79. The van der Waals surface area contributed by atoms with Crippen LogP contribution in [0, 0.1) is 24.1 Å². The summed E-state index contributed by atoms with van der Waals surface area (Å²) in [5.74, 6) is -0.337. The van der Waals surface area contributed by atoms with E-state index in [-0.39, 0.29) is 23.6 Å². The van der Waals surface area contributed by atoms with E-state index in [1.165, 1.54) is 12.1 Å². The van der Waals surface area contributed by atoms with Crippen molar-refractivity contribution >= 4 is 5.91 Å². The molecule has 1 aliphatic rings. The van der Waals surface area contributed by atoms with Crippen LogP contribution < -0.4 is 4.74 Å². The zero-order valence-corrected chi connectivity index (χ0v) is 18.0. The second-order valence-corrected chi connectivity index (χ2v) is 7.93. The number of carbonyl (C=O) groups excluding carboxylic acids is 1. The Balaban J connectivity index is 1.60. The topological polar surface area (TPSA) is 79.1 Å². The van der Waals surface area contributed by atoms with Crippen LogP contribution in [0.2, 0.25) is 0 Å². The Bertz CT molecular complexity index is 1180. The molecule has 1 fully saturated rings. The van der Waals surface area contributed by atoms with Crippen LogP contribution in [0.25, 0.3) is 11.3 Å². The van der Waals surface area contributed by atoms with Gasteiger partial charge in [0.1, 0.15) is 11.9 Å². The van der Waals surface area contributed by atoms with Gasteiger partial charge in [-0.15, -0.1) is 0 Å². The number of rotatable bonds is 4. The maximum Gasteiger partial charge on any atom is 0.255 e. The van der Waals surface area contributed by atoms with Crippen LogP contribution in [-0.4, -0.2) is 39.5 Å². The summed E-state index contributed by atoms with van der Waals surface area (Å²) in [6.07, 6.45) is 4.40. The van der Waals surface area contributed by atoms with E-state index in [9.17, 15) is 14.4 Å². The summed E-state index contributed by atoms with van der Waals surface area (Å²) in [4.78, 5) is 23.8. The summed E-state index contributed by atoms with van der Waals surface area (Å²) in [5.41, 5.74) is 2.66. The van der Waals surface area contributed by atoms with Gasteiger partial charge in [-0.05, 0) is 63.1 Å². The van der Waals surface area contributed by atoms with Crippen LogP contribution in [-0.2, 0) is 0 Å². The van der Waals surface area contributed by atoms with Gasteiger partial charge in [-0.25, -0.2) is 9.37 Å². The maximum atomic E-state index is 14.1. The zero-order chi connectivity index (χ0) is 22.7. The second kappa shape index (κ2) is 9.15. The first kappa shape index (κ1) is 21.4. The van der Waals surface area contributed by atoms with Gasteiger partial charge in [-0.3, -0.25) is 9.78 Å². The number of ether oxygens (including phenoxy) is 1. The number of amides is 1. The number of hydrogen-bond acceptors (Lipinski definition) is 5. The highest BCUT2D eigenvalue weighted by Gasteiger charge is 2.32. The molecule has 2 unspecified atom stereocenters. The minimum absolute atomic E-state index is 0.0262. The molecule has 1 aliphatic heterocycles. The van der Waals surface area contributed by atoms with Crippen molar-refractivity contribution in [1.29, 1.82) is 5.26 Å². The number of pyridine rings is 2. The Morgan fingerprint density at radius 1 is 1.19 bits per heavy atom. The molecule has 0 aliphatic carbocycles. The Kier molecular flexibility index (Phi) is 6.13. The minimum atomic E-state index is -0.473. The Morgan fingerprint density at radius 3 is 2.78 bits per heavy atom. The van der Waals surface area contributed by atoms with Crippen molar-refractivity contribution in [3.8, 4) is 23.2 Å². The molecular formula is C25H23FN4O2. The van der Waals surface area contributed by atoms with Gasteiger partial charge in [-0.2, -0.15) is 5.26 Å². The number of benzene rings is 1. The summed E-state index contributed by atoms with van der Waals surface area (Å²) in [6.45, 7) is 4.12. The molecule has 3 heterocycles. The Morgan fingerprint density at radius 2 is 2.03 bits per heavy atom. The van der Waals surface area contributed by atoms with E-state index >= 15 is 0 Å². The van der Waals surface area contributed by atoms with Crippen LogP contribution in [0.5, 0.6) is 5.88 Å². The molecule has 0 spiro atoms. The first-order chi connectivity index (χ1) is 15.5. The second-order valence-electron chi connectivity index (χ2n) is 7.93. The minimum Gasteiger partial charge on any atom is -0.472 e. The molecule has 0 saturated carbocycles. The van der Waals surface area contributed by atoms with Crippen molar-refractivity contribution in [2.75, 3.05) is 6.54 Å². The number of hydrogen-bond donors (Lipinski definition) is 0. The summed E-state index contributed by atoms with van der Waals surface area (Å²) in [7, 11) is 0. The fraction of sp³-hybridized carbons (Fsp3) is 0.280. The molecule has 3 aromatic rings. The predicted molar refractivity (Wildman–Crippen MR) is 117 cm³/mol. The van der Waals surface area contributed by atoms with E-state index in [1.807, 2.05) is 13.0 Å². The fourth-order valence-corrected chi connectivity index (χ4v) is 3.96. The first-order valence-corrected chi connectivity index (χ1v) is 10.5. The highest BCUT2D eigenvalue weighted by atomic mass is 19.1. The van der Waals surface area contributed by atoms with E-state index < -0.39 is 5.82 Å². The number of piperidine rings is 1. The lowest BCUT2D eigenvalue weighted by Crippen LogP contribution is -2.49. The van der Waals surface area contributed by atoms with Crippen molar-refractivity contribution in [3.63, 3.8) is 0 Å². The molecule has 2 atom stereocenters. The van der Waals surface area contributed by atoms with Gasteiger partial charge >= 0.3 is 0 Å². The van der Waals surface area contributed by atoms with Crippen LogP contribution >= 0.6 is 0 Å². The van der Waals surface area contributed by atoms with Crippen LogP contribution in [0.15, 0.2) is 54.9 Å². The molecule has 4 rings (SSSR count). The third-order valence-electron chi connectivity index (χ3n) is 5.81. The van der Waals surface area contributed by atoms with Gasteiger partial charge < -0.3 is 9.64 Å². The number of nitriles is 1. The molecule has 2 aromatic heterocycles. The Labute approximate surface area is 186 Å². The van der Waals surface area contributed by atoms with Crippen molar-refractivity contribution in [2.24, 2.45) is 0 Å². The maximum absolute atomic E-state index is 14.1. The number of carbonyl (C=O) groups is 1. The molecule has 1 aromatic carbocycles. The molecule has 0 N–H and O–H groups in total. The van der Waals surface area contributed by atoms with Crippen LogP contribution in [0.1, 0.15) is 41.3 Å². The van der Waals surface area contributed by atoms with Gasteiger partial charge in [0.05, 0.1) is 29.4 Å². The quantitative estimate of drug-likeness (QED) is 0.607. The van der Waals surface area contributed by atoms with Gasteiger partial charge in [0.2, 0.25) is 5.88 Å². The highest BCUT2D eigenvalue weighted by Crippen LogP contribution is 2.29. The SMILES string of the molecule is Cc1c(C#N)ccnc1OC1CCC(C)N(C(=O)c2cc(F)ccc2-c2ccccn2)C1. The summed E-state index contributed by atoms with van der Waals surface area (Å²) < 4.78 is 20.2. The van der Waals surface area contributed by atoms with E-state index in [1.54, 1.807) is 48.5 Å². The number of likely N-dealkylation sites (tertiary alicyclic amines) is 1. The van der Waals surface area contributed by atoms with E-state index in [2.05, 4.69) is 16.0 Å². The molecule has 1 amide bonds. The lowest BCUT2D eigenvalue weighted by molar-refractivity contribution is 0.0371. The summed E-state index contributed by atoms with van der Waals surface area (Å²) >= 11 is 0. The zero-order valence-electron chi connectivity index (χ0n) is 18.0. The fourth-order valence-electron chi connectivity index (χ4n) is 3.96. The average Bonchev–Trinajstić information content (AvgIpc) is 2.81. The van der Waals surface area contributed by atoms with Crippen LogP contribution in [0.3, 0.4) is 0 Å². The lowest BCUT2D eigenvalue weighted by atomic mass is 9.97. The molecule has 6 nitrogen and oxygen atoms in total. The van der Waals surface area contributed by atoms with Gasteiger partial charge in [0.15, 0.2) is 0 Å². The molecule has 0 radical (unpaired) electrons. The third kappa shape index (κ3) is 4.30. The summed E-state index contributed by atoms with van der Waals surface area (Å²) in [6, 6.07) is 13.4. The molecule has 162 valence electrons. The van der Waals surface area contributed by atoms with Crippen molar-refractivity contribution in [1.82, 2.24) is 14.9 Å². The lowest BCUT2D eigenvalue weighted by Gasteiger charge is -2.38. The van der Waals surface area contributed by atoms with Crippen molar-refractivity contribution < 1.29 is 13.9 Å². The third-order valence-corrected chi connectivity index (χ3v) is 5.81. The van der Waals surface area contributed by atoms with Crippen molar-refractivity contribution in [3.05, 3.63) is 77.4 Å². The van der Waals surface area contributed by atoms with E-state index in [4.69, 9.17) is 4.74 Å². The number of halogens is 1. The largest absolute Gasteiger partial charge is 0.472 e. The standard InChI is InChI=1S/C25H23FN4O2/c1-16-6-8-20(32-24-17(2)18(14-27)10-12-29-24)15-30(16)25(31)22-13-19(26)7-9-21(22)23-5-3-4-11-28-23/h3-5,7,9-13,16,20H,6,8,15H2,1-2H3. The molecule has 0 bridgehead atoms. The van der Waals surface area contributed by atoms with E-state index in [0.717, 1.165) is 12.8 Å². The van der Waals surface area contributed by atoms with Gasteiger partial charge in [-0.1, -0.05) is 6.07 Å². The molecular weight excluding hydrogens is 407 g/mol. The molecule has 1 saturated heterocycles. The molecule has 32 heavy (non-hydrogen) atoms. The first-order valence-electron chi connectivity index (χ1n) is 10.5. The number of aromatic nitrogens is 2. The molecule has 7 heteroatoms. The van der Waals surface area contributed by atoms with Gasteiger partial charge in [0.25, 0.3) is 5.91 Å². The van der Waals surface area contributed by atoms with Crippen molar-refractivity contribution in [2.45, 2.75) is 38.8 Å². The normalized spacial score (nSPS) is 18.1.